The lowest BCUT2D eigenvalue weighted by atomic mass is 10.2. The number of hydrogen-bond acceptors (Lipinski definition) is 5. The van der Waals surface area contributed by atoms with Crippen molar-refractivity contribution in [1.29, 1.82) is 0 Å². The highest BCUT2D eigenvalue weighted by molar-refractivity contribution is 5.79. The van der Waals surface area contributed by atoms with Crippen molar-refractivity contribution in [2.45, 2.75) is 18.9 Å². The van der Waals surface area contributed by atoms with Crippen LogP contribution in [0.1, 0.15) is 12.8 Å². The molecule has 0 aliphatic heterocycles. The Labute approximate surface area is 109 Å². The smallest absolute Gasteiger partial charge is 0.271 e. The Morgan fingerprint density at radius 2 is 2.37 bits per heavy atom. The van der Waals surface area contributed by atoms with Crippen molar-refractivity contribution in [2.75, 3.05) is 11.9 Å². The second-order valence-electron chi connectivity index (χ2n) is 4.93. The minimum atomic E-state index is -0.420. The van der Waals surface area contributed by atoms with E-state index in [2.05, 4.69) is 15.3 Å². The molecule has 1 aliphatic carbocycles. The van der Waals surface area contributed by atoms with E-state index < -0.39 is 4.92 Å². The molecule has 1 unspecified atom stereocenters. The highest BCUT2D eigenvalue weighted by atomic mass is 16.6. The number of non-ortho nitro benzene ring substituents is 1. The van der Waals surface area contributed by atoms with E-state index in [0.717, 1.165) is 0 Å². The second kappa shape index (κ2) is 4.51. The Kier molecular flexibility index (Phi) is 2.83. The van der Waals surface area contributed by atoms with Crippen LogP contribution in [0.15, 0.2) is 18.2 Å². The summed E-state index contributed by atoms with van der Waals surface area (Å²) in [4.78, 5) is 17.6. The third kappa shape index (κ3) is 2.50. The fourth-order valence-electron chi connectivity index (χ4n) is 2.10. The lowest BCUT2D eigenvalue weighted by molar-refractivity contribution is -0.384. The number of imidazole rings is 1. The number of anilines is 1. The van der Waals surface area contributed by atoms with E-state index in [-0.39, 0.29) is 11.7 Å². The maximum absolute atomic E-state index is 10.7. The maximum Gasteiger partial charge on any atom is 0.271 e. The van der Waals surface area contributed by atoms with Crippen molar-refractivity contribution < 1.29 is 4.92 Å². The van der Waals surface area contributed by atoms with E-state index in [1.165, 1.54) is 25.0 Å². The molecule has 0 radical (unpaired) electrons. The molecule has 0 spiro atoms. The van der Waals surface area contributed by atoms with Crippen LogP contribution in [0.3, 0.4) is 0 Å². The summed E-state index contributed by atoms with van der Waals surface area (Å²) in [5.74, 6) is 1.23. The first kappa shape index (κ1) is 11.9. The van der Waals surface area contributed by atoms with Crippen LogP contribution in [-0.4, -0.2) is 27.5 Å². The summed E-state index contributed by atoms with van der Waals surface area (Å²) in [6.45, 7) is 0.659. The highest BCUT2D eigenvalue weighted by Gasteiger charge is 2.28. The zero-order chi connectivity index (χ0) is 13.4. The lowest BCUT2D eigenvalue weighted by Gasteiger charge is -2.10. The van der Waals surface area contributed by atoms with Crippen LogP contribution in [0.4, 0.5) is 11.6 Å². The number of aromatic amines is 1. The van der Waals surface area contributed by atoms with Crippen molar-refractivity contribution >= 4 is 22.7 Å². The largest absolute Gasteiger partial charge is 0.354 e. The number of nitro benzene ring substituents is 1. The molecule has 1 aliphatic rings. The van der Waals surface area contributed by atoms with Gasteiger partial charge in [0.25, 0.3) is 5.69 Å². The number of nitrogens with one attached hydrogen (secondary N) is 2. The third-order valence-electron chi connectivity index (χ3n) is 3.41. The van der Waals surface area contributed by atoms with Gasteiger partial charge in [-0.15, -0.1) is 0 Å². The molecule has 19 heavy (non-hydrogen) atoms. The van der Waals surface area contributed by atoms with E-state index in [0.29, 0.717) is 29.4 Å². The van der Waals surface area contributed by atoms with Gasteiger partial charge < -0.3 is 16.0 Å². The van der Waals surface area contributed by atoms with Gasteiger partial charge in [-0.25, -0.2) is 4.98 Å². The molecule has 7 heteroatoms. The van der Waals surface area contributed by atoms with Crippen LogP contribution in [0.2, 0.25) is 0 Å². The predicted octanol–water partition coefficient (Wildman–Crippen LogP) is 1.62. The number of fused-ring (bicyclic) bond motifs is 1. The molecule has 1 aromatic carbocycles. The molecular weight excluding hydrogens is 246 g/mol. The van der Waals surface area contributed by atoms with Gasteiger partial charge in [0, 0.05) is 24.7 Å². The number of nitrogens with two attached hydrogens (primary N) is 1. The first-order valence-corrected chi connectivity index (χ1v) is 6.27. The molecule has 1 fully saturated rings. The van der Waals surface area contributed by atoms with Crippen molar-refractivity contribution in [3.05, 3.63) is 28.3 Å². The number of nitro groups is 1. The van der Waals surface area contributed by atoms with E-state index in [9.17, 15) is 10.1 Å². The third-order valence-corrected chi connectivity index (χ3v) is 3.41. The second-order valence-corrected chi connectivity index (χ2v) is 4.93. The van der Waals surface area contributed by atoms with Crippen LogP contribution in [0.5, 0.6) is 0 Å². The zero-order valence-corrected chi connectivity index (χ0v) is 10.3. The summed E-state index contributed by atoms with van der Waals surface area (Å²) in [7, 11) is 0. The van der Waals surface area contributed by atoms with Crippen LogP contribution >= 0.6 is 0 Å². The van der Waals surface area contributed by atoms with Crippen LogP contribution < -0.4 is 11.1 Å². The molecule has 2 aromatic rings. The molecule has 1 saturated carbocycles. The minimum absolute atomic E-state index is 0.0531. The Bertz CT molecular complexity index is 620. The molecule has 4 N–H and O–H groups in total. The predicted molar refractivity (Wildman–Crippen MR) is 71.9 cm³/mol. The minimum Gasteiger partial charge on any atom is -0.354 e. The number of hydrogen-bond donors (Lipinski definition) is 3. The molecular formula is C12H15N5O2. The number of rotatable bonds is 5. The molecule has 0 bridgehead atoms. The summed E-state index contributed by atoms with van der Waals surface area (Å²) in [5.41, 5.74) is 7.40. The van der Waals surface area contributed by atoms with E-state index >= 15 is 0 Å². The quantitative estimate of drug-likeness (QED) is 0.559. The summed E-state index contributed by atoms with van der Waals surface area (Å²) in [6, 6.07) is 4.70. The number of aromatic nitrogens is 2. The first-order chi connectivity index (χ1) is 9.13. The van der Waals surface area contributed by atoms with Gasteiger partial charge in [-0.1, -0.05) is 0 Å². The monoisotopic (exact) mass is 261 g/mol. The topological polar surface area (TPSA) is 110 Å². The fourth-order valence-corrected chi connectivity index (χ4v) is 2.10. The fraction of sp³-hybridized carbons (Fsp3) is 0.417. The van der Waals surface area contributed by atoms with Crippen LogP contribution in [0.25, 0.3) is 11.0 Å². The Morgan fingerprint density at radius 3 is 3.05 bits per heavy atom. The van der Waals surface area contributed by atoms with Gasteiger partial charge in [-0.3, -0.25) is 10.1 Å². The van der Waals surface area contributed by atoms with E-state index in [1.807, 2.05) is 0 Å². The van der Waals surface area contributed by atoms with Crippen LogP contribution in [-0.2, 0) is 0 Å². The summed E-state index contributed by atoms with van der Waals surface area (Å²) in [6.07, 6.45) is 2.41. The number of H-pyrrole nitrogens is 1. The molecule has 100 valence electrons. The normalized spacial score (nSPS) is 16.5. The average molecular weight is 261 g/mol. The number of nitrogens with zero attached hydrogens (tertiary/aromatic N) is 2. The molecule has 0 amide bonds. The Hall–Kier alpha value is -2.15. The van der Waals surface area contributed by atoms with Crippen molar-refractivity contribution in [2.24, 2.45) is 11.7 Å². The molecule has 1 atom stereocenters. The standard InChI is InChI=1S/C12H15N5O2/c13-9(7-1-2-7)6-14-12-15-10-4-3-8(17(18)19)5-11(10)16-12/h3-5,7,9H,1-2,6,13H2,(H2,14,15,16). The van der Waals surface area contributed by atoms with E-state index in [1.54, 1.807) is 6.07 Å². The van der Waals surface area contributed by atoms with Gasteiger partial charge in [-0.2, -0.15) is 0 Å². The average Bonchev–Trinajstić information content (AvgIpc) is 3.15. The van der Waals surface area contributed by atoms with Crippen molar-refractivity contribution in [3.8, 4) is 0 Å². The molecule has 0 saturated heterocycles. The highest BCUT2D eigenvalue weighted by Crippen LogP contribution is 2.31. The summed E-state index contributed by atoms with van der Waals surface area (Å²) < 4.78 is 0. The van der Waals surface area contributed by atoms with Crippen molar-refractivity contribution in [3.63, 3.8) is 0 Å². The van der Waals surface area contributed by atoms with Crippen molar-refractivity contribution in [1.82, 2.24) is 9.97 Å². The van der Waals surface area contributed by atoms with Gasteiger partial charge >= 0.3 is 0 Å². The van der Waals surface area contributed by atoms with Gasteiger partial charge in [0.15, 0.2) is 0 Å². The summed E-state index contributed by atoms with van der Waals surface area (Å²) in [5, 5.41) is 13.8. The Morgan fingerprint density at radius 1 is 1.58 bits per heavy atom. The first-order valence-electron chi connectivity index (χ1n) is 6.27. The van der Waals surface area contributed by atoms with E-state index in [4.69, 9.17) is 5.73 Å². The SMILES string of the molecule is NC(CNc1nc2ccc([N+](=O)[O-])cc2[nH]1)C1CC1. The maximum atomic E-state index is 10.7. The van der Waals surface area contributed by atoms with Gasteiger partial charge in [0.2, 0.25) is 5.95 Å². The molecule has 3 rings (SSSR count). The molecule has 1 aromatic heterocycles. The zero-order valence-electron chi connectivity index (χ0n) is 10.3. The number of benzene rings is 1. The molecule has 7 nitrogen and oxygen atoms in total. The van der Waals surface area contributed by atoms with Gasteiger partial charge in [0.1, 0.15) is 0 Å². The summed E-state index contributed by atoms with van der Waals surface area (Å²) >= 11 is 0. The molecule has 1 heterocycles. The lowest BCUT2D eigenvalue weighted by Crippen LogP contribution is -2.31. The van der Waals surface area contributed by atoms with Gasteiger partial charge in [0.05, 0.1) is 16.0 Å². The Balaban J connectivity index is 1.75. The van der Waals surface area contributed by atoms with Gasteiger partial charge in [-0.05, 0) is 24.8 Å². The van der Waals surface area contributed by atoms with Crippen LogP contribution in [0, 0.1) is 16.0 Å².